The number of nitro groups is 1. The Morgan fingerprint density at radius 3 is 2.46 bits per heavy atom. The molecule has 0 atom stereocenters. The van der Waals surface area contributed by atoms with Gasteiger partial charge >= 0.3 is 11.9 Å². The van der Waals surface area contributed by atoms with Crippen LogP contribution in [0.2, 0.25) is 0 Å². The number of hydrogen-bond acceptors (Lipinski definition) is 7. The van der Waals surface area contributed by atoms with Crippen LogP contribution in [-0.2, 0) is 16.1 Å². The first-order valence-electron chi connectivity index (χ1n) is 8.87. The first-order chi connectivity index (χ1) is 13.5. The number of carbonyl (C=O) groups excluding carboxylic acids is 2. The van der Waals surface area contributed by atoms with Crippen molar-refractivity contribution < 1.29 is 24.0 Å². The molecule has 0 saturated carbocycles. The first kappa shape index (κ1) is 19.3. The molecule has 0 bridgehead atoms. The summed E-state index contributed by atoms with van der Waals surface area (Å²) in [6.45, 7) is 1.47. The zero-order valence-corrected chi connectivity index (χ0v) is 15.4. The van der Waals surface area contributed by atoms with Gasteiger partial charge in [0.2, 0.25) is 0 Å². The molecule has 1 saturated heterocycles. The van der Waals surface area contributed by atoms with E-state index in [0.29, 0.717) is 16.8 Å². The van der Waals surface area contributed by atoms with Crippen molar-refractivity contribution in [1.29, 1.82) is 0 Å². The zero-order chi connectivity index (χ0) is 20.1. The molecule has 0 radical (unpaired) electrons. The number of nitrogens with zero attached hydrogens (tertiary/aromatic N) is 2. The summed E-state index contributed by atoms with van der Waals surface area (Å²) in [7, 11) is 1.29. The lowest BCUT2D eigenvalue weighted by atomic mass is 10.1. The molecule has 0 amide bonds. The van der Waals surface area contributed by atoms with Gasteiger partial charge in [0.1, 0.15) is 12.3 Å². The SMILES string of the molecule is COC(=O)c1cccc(COC(=O)c2ccc(N3CCCC3)c([N+](=O)[O-])c2)c1. The summed E-state index contributed by atoms with van der Waals surface area (Å²) in [5.41, 5.74) is 1.48. The van der Waals surface area contributed by atoms with E-state index in [0.717, 1.165) is 25.9 Å². The summed E-state index contributed by atoms with van der Waals surface area (Å²) in [6, 6.07) is 10.9. The predicted molar refractivity (Wildman–Crippen MR) is 101 cm³/mol. The number of rotatable bonds is 6. The van der Waals surface area contributed by atoms with Crippen LogP contribution < -0.4 is 4.90 Å². The Labute approximate surface area is 161 Å². The third-order valence-corrected chi connectivity index (χ3v) is 4.57. The molecule has 0 aromatic heterocycles. The summed E-state index contributed by atoms with van der Waals surface area (Å²) < 4.78 is 9.92. The van der Waals surface area contributed by atoms with Crippen molar-refractivity contribution in [2.75, 3.05) is 25.1 Å². The van der Waals surface area contributed by atoms with E-state index in [1.54, 1.807) is 30.3 Å². The highest BCUT2D eigenvalue weighted by Crippen LogP contribution is 2.31. The molecular formula is C20H20N2O6. The van der Waals surface area contributed by atoms with Gasteiger partial charge in [-0.05, 0) is 42.7 Å². The van der Waals surface area contributed by atoms with Crippen LogP contribution in [0.15, 0.2) is 42.5 Å². The van der Waals surface area contributed by atoms with Crippen LogP contribution in [0.3, 0.4) is 0 Å². The quantitative estimate of drug-likeness (QED) is 0.428. The molecule has 8 heteroatoms. The van der Waals surface area contributed by atoms with Gasteiger partial charge in [0, 0.05) is 19.2 Å². The molecule has 2 aromatic carbocycles. The first-order valence-corrected chi connectivity index (χ1v) is 8.87. The van der Waals surface area contributed by atoms with Gasteiger partial charge in [-0.3, -0.25) is 10.1 Å². The molecule has 146 valence electrons. The van der Waals surface area contributed by atoms with E-state index in [2.05, 4.69) is 4.74 Å². The van der Waals surface area contributed by atoms with Crippen LogP contribution in [0.4, 0.5) is 11.4 Å². The molecule has 1 aliphatic rings. The fraction of sp³-hybridized carbons (Fsp3) is 0.300. The fourth-order valence-electron chi connectivity index (χ4n) is 3.16. The second kappa shape index (κ2) is 8.51. The smallest absolute Gasteiger partial charge is 0.338 e. The van der Waals surface area contributed by atoms with Crippen molar-refractivity contribution in [2.45, 2.75) is 19.4 Å². The standard InChI is InChI=1S/C20H20N2O6/c1-27-19(23)15-6-4-5-14(11-15)13-28-20(24)16-7-8-17(18(12-16)22(25)26)21-9-2-3-10-21/h4-8,11-12H,2-3,9-10,13H2,1H3. The molecule has 8 nitrogen and oxygen atoms in total. The topological polar surface area (TPSA) is 99.0 Å². The van der Waals surface area contributed by atoms with Crippen molar-refractivity contribution in [3.8, 4) is 0 Å². The average molecular weight is 384 g/mol. The van der Waals surface area contributed by atoms with Crippen LogP contribution in [0.5, 0.6) is 0 Å². The van der Waals surface area contributed by atoms with Gasteiger partial charge < -0.3 is 14.4 Å². The number of methoxy groups -OCH3 is 1. The molecule has 3 rings (SSSR count). The highest BCUT2D eigenvalue weighted by Gasteiger charge is 2.24. The minimum atomic E-state index is -0.667. The van der Waals surface area contributed by atoms with Gasteiger partial charge in [-0.25, -0.2) is 9.59 Å². The maximum absolute atomic E-state index is 12.4. The lowest BCUT2D eigenvalue weighted by molar-refractivity contribution is -0.384. The van der Waals surface area contributed by atoms with Crippen LogP contribution >= 0.6 is 0 Å². The van der Waals surface area contributed by atoms with Gasteiger partial charge in [-0.1, -0.05) is 12.1 Å². The normalized spacial score (nSPS) is 13.2. The Kier molecular flexibility index (Phi) is 5.88. The van der Waals surface area contributed by atoms with Gasteiger partial charge in [-0.15, -0.1) is 0 Å². The third kappa shape index (κ3) is 4.28. The predicted octanol–water partition coefficient (Wildman–Crippen LogP) is 3.34. The number of esters is 2. The van der Waals surface area contributed by atoms with Gasteiger partial charge in [0.15, 0.2) is 0 Å². The van der Waals surface area contributed by atoms with Crippen LogP contribution in [0.25, 0.3) is 0 Å². The number of carbonyl (C=O) groups is 2. The third-order valence-electron chi connectivity index (χ3n) is 4.57. The van der Waals surface area contributed by atoms with Gasteiger partial charge in [0.05, 0.1) is 23.2 Å². The summed E-state index contributed by atoms with van der Waals surface area (Å²) in [5.74, 6) is -1.15. The largest absolute Gasteiger partial charge is 0.465 e. The lowest BCUT2D eigenvalue weighted by Crippen LogP contribution is -2.19. The number of nitro benzene ring substituents is 1. The van der Waals surface area contributed by atoms with Crippen LogP contribution in [0.1, 0.15) is 39.1 Å². The second-order valence-corrected chi connectivity index (χ2v) is 6.42. The Balaban J connectivity index is 1.73. The number of hydrogen-bond donors (Lipinski definition) is 0. The minimum absolute atomic E-state index is 0.0641. The van der Waals surface area contributed by atoms with E-state index < -0.39 is 16.9 Å². The van der Waals surface area contributed by atoms with Crippen molar-refractivity contribution in [3.05, 3.63) is 69.3 Å². The highest BCUT2D eigenvalue weighted by atomic mass is 16.6. The Bertz CT molecular complexity index is 905. The summed E-state index contributed by atoms with van der Waals surface area (Å²) in [5, 5.41) is 11.4. The molecule has 1 fully saturated rings. The minimum Gasteiger partial charge on any atom is -0.465 e. The number of ether oxygens (including phenoxy) is 2. The molecule has 2 aromatic rings. The molecule has 28 heavy (non-hydrogen) atoms. The van der Waals surface area contributed by atoms with Gasteiger partial charge in [0.25, 0.3) is 5.69 Å². The molecule has 1 heterocycles. The monoisotopic (exact) mass is 384 g/mol. The zero-order valence-electron chi connectivity index (χ0n) is 15.4. The molecule has 0 aliphatic carbocycles. The summed E-state index contributed by atoms with van der Waals surface area (Å²) in [6.07, 6.45) is 1.98. The van der Waals surface area contributed by atoms with Crippen LogP contribution in [-0.4, -0.2) is 37.1 Å². The van der Waals surface area contributed by atoms with Crippen molar-refractivity contribution >= 4 is 23.3 Å². The maximum atomic E-state index is 12.4. The van der Waals surface area contributed by atoms with Crippen molar-refractivity contribution in [3.63, 3.8) is 0 Å². The highest BCUT2D eigenvalue weighted by molar-refractivity contribution is 5.91. The molecular weight excluding hydrogens is 364 g/mol. The van der Waals surface area contributed by atoms with E-state index in [4.69, 9.17) is 4.74 Å². The average Bonchev–Trinajstić information content (AvgIpc) is 3.25. The summed E-state index contributed by atoms with van der Waals surface area (Å²) in [4.78, 5) is 36.8. The van der Waals surface area contributed by atoms with E-state index in [1.165, 1.54) is 19.2 Å². The Morgan fingerprint density at radius 1 is 1.07 bits per heavy atom. The molecule has 0 spiro atoms. The Hall–Kier alpha value is -3.42. The number of benzene rings is 2. The van der Waals surface area contributed by atoms with Gasteiger partial charge in [-0.2, -0.15) is 0 Å². The molecule has 0 unspecified atom stereocenters. The van der Waals surface area contributed by atoms with E-state index in [-0.39, 0.29) is 17.9 Å². The van der Waals surface area contributed by atoms with E-state index in [9.17, 15) is 19.7 Å². The summed E-state index contributed by atoms with van der Waals surface area (Å²) >= 11 is 0. The molecule has 0 N–H and O–H groups in total. The lowest BCUT2D eigenvalue weighted by Gasteiger charge is -2.17. The van der Waals surface area contributed by atoms with E-state index in [1.807, 2.05) is 4.90 Å². The second-order valence-electron chi connectivity index (χ2n) is 6.42. The fourth-order valence-corrected chi connectivity index (χ4v) is 3.16. The van der Waals surface area contributed by atoms with Crippen molar-refractivity contribution in [2.24, 2.45) is 0 Å². The van der Waals surface area contributed by atoms with E-state index >= 15 is 0 Å². The number of anilines is 1. The molecule has 1 aliphatic heterocycles. The van der Waals surface area contributed by atoms with Crippen LogP contribution in [0, 0.1) is 10.1 Å². The Morgan fingerprint density at radius 2 is 1.79 bits per heavy atom. The van der Waals surface area contributed by atoms with Crippen molar-refractivity contribution in [1.82, 2.24) is 0 Å². The maximum Gasteiger partial charge on any atom is 0.338 e.